The Balaban J connectivity index is 3.36. The van der Waals surface area contributed by atoms with Crippen molar-refractivity contribution in [2.24, 2.45) is 0 Å². The molecule has 0 aliphatic rings. The second-order valence-corrected chi connectivity index (χ2v) is 5.62. The van der Waals surface area contributed by atoms with Gasteiger partial charge in [-0.3, -0.25) is 0 Å². The SMILES string of the molecule is CCCCCC(PC)C(C)P. The van der Waals surface area contributed by atoms with E-state index in [0.29, 0.717) is 0 Å². The van der Waals surface area contributed by atoms with E-state index in [0.717, 1.165) is 19.9 Å². The maximum atomic E-state index is 2.93. The van der Waals surface area contributed by atoms with E-state index in [1.807, 2.05) is 0 Å². The zero-order chi connectivity index (χ0) is 8.69. The molecule has 0 aromatic carbocycles. The van der Waals surface area contributed by atoms with Gasteiger partial charge < -0.3 is 0 Å². The number of hydrogen-bond donors (Lipinski definition) is 0. The van der Waals surface area contributed by atoms with Crippen LogP contribution in [0, 0.1) is 0 Å². The second kappa shape index (κ2) is 7.51. The molecule has 0 bridgehead atoms. The van der Waals surface area contributed by atoms with Gasteiger partial charge in [-0.05, 0) is 24.4 Å². The quantitative estimate of drug-likeness (QED) is 0.446. The van der Waals surface area contributed by atoms with Gasteiger partial charge >= 0.3 is 0 Å². The summed E-state index contributed by atoms with van der Waals surface area (Å²) in [7, 11) is 4.05. The summed E-state index contributed by atoms with van der Waals surface area (Å²) in [5.74, 6) is 0. The van der Waals surface area contributed by atoms with Crippen LogP contribution in [0.3, 0.4) is 0 Å². The van der Waals surface area contributed by atoms with Gasteiger partial charge in [0.2, 0.25) is 0 Å². The molecule has 0 radical (unpaired) electrons. The maximum absolute atomic E-state index is 2.93. The predicted octanol–water partition coefficient (Wildman–Crippen LogP) is 3.51. The van der Waals surface area contributed by atoms with Gasteiger partial charge in [0.15, 0.2) is 0 Å². The molecule has 0 amide bonds. The van der Waals surface area contributed by atoms with Gasteiger partial charge in [0.25, 0.3) is 0 Å². The maximum Gasteiger partial charge on any atom is -0.0179 e. The molecular weight excluding hydrogens is 170 g/mol. The Morgan fingerprint density at radius 3 is 2.36 bits per heavy atom. The Morgan fingerprint density at radius 1 is 1.36 bits per heavy atom. The summed E-state index contributed by atoms with van der Waals surface area (Å²) in [4.78, 5) is 0. The smallest absolute Gasteiger partial charge is 0.0179 e. The molecule has 0 nitrogen and oxygen atoms in total. The van der Waals surface area contributed by atoms with Gasteiger partial charge in [-0.15, -0.1) is 17.8 Å². The molecule has 0 aromatic rings. The van der Waals surface area contributed by atoms with Crippen LogP contribution < -0.4 is 0 Å². The molecule has 0 N–H and O–H groups in total. The lowest BCUT2D eigenvalue weighted by molar-refractivity contribution is 0.639. The first-order valence-electron chi connectivity index (χ1n) is 4.65. The zero-order valence-electron chi connectivity index (χ0n) is 8.06. The molecule has 0 fully saturated rings. The highest BCUT2D eigenvalue weighted by atomic mass is 31.1. The van der Waals surface area contributed by atoms with E-state index in [1.165, 1.54) is 25.7 Å². The van der Waals surface area contributed by atoms with Crippen LogP contribution in [0.5, 0.6) is 0 Å². The summed E-state index contributed by atoms with van der Waals surface area (Å²) in [6.07, 6.45) is 5.64. The third-order valence-corrected chi connectivity index (χ3v) is 4.53. The molecule has 0 spiro atoms. The van der Waals surface area contributed by atoms with E-state index in [1.54, 1.807) is 0 Å². The summed E-state index contributed by atoms with van der Waals surface area (Å²) in [6.45, 7) is 6.92. The second-order valence-electron chi connectivity index (χ2n) is 3.25. The fourth-order valence-electron chi connectivity index (χ4n) is 1.28. The fraction of sp³-hybridized carbons (Fsp3) is 1.00. The number of hydrogen-bond acceptors (Lipinski definition) is 0. The minimum Gasteiger partial charge on any atom is -0.134 e. The molecule has 0 heterocycles. The van der Waals surface area contributed by atoms with Gasteiger partial charge in [-0.25, -0.2) is 0 Å². The van der Waals surface area contributed by atoms with Crippen molar-refractivity contribution in [3.8, 4) is 0 Å². The average molecular weight is 192 g/mol. The number of unbranched alkanes of at least 4 members (excludes halogenated alkanes) is 2. The van der Waals surface area contributed by atoms with Crippen LogP contribution in [0.25, 0.3) is 0 Å². The van der Waals surface area contributed by atoms with Gasteiger partial charge in [0.1, 0.15) is 0 Å². The normalized spacial score (nSPS) is 17.5. The summed E-state index contributed by atoms with van der Waals surface area (Å²) in [6, 6.07) is 0. The lowest BCUT2D eigenvalue weighted by Crippen LogP contribution is -2.11. The van der Waals surface area contributed by atoms with E-state index in [4.69, 9.17) is 0 Å². The lowest BCUT2D eigenvalue weighted by atomic mass is 10.1. The highest BCUT2D eigenvalue weighted by Gasteiger charge is 2.09. The third kappa shape index (κ3) is 6.06. The van der Waals surface area contributed by atoms with Crippen molar-refractivity contribution < 1.29 is 0 Å². The molecule has 0 saturated carbocycles. The van der Waals surface area contributed by atoms with Crippen molar-refractivity contribution in [2.45, 2.75) is 50.8 Å². The molecule has 2 heteroatoms. The van der Waals surface area contributed by atoms with Gasteiger partial charge in [-0.2, -0.15) is 0 Å². The van der Waals surface area contributed by atoms with Gasteiger partial charge in [0.05, 0.1) is 0 Å². The van der Waals surface area contributed by atoms with Crippen LogP contribution in [-0.2, 0) is 0 Å². The summed E-state index contributed by atoms with van der Waals surface area (Å²) < 4.78 is 0. The van der Waals surface area contributed by atoms with E-state index < -0.39 is 0 Å². The van der Waals surface area contributed by atoms with E-state index in [9.17, 15) is 0 Å². The highest BCUT2D eigenvalue weighted by Crippen LogP contribution is 2.27. The van der Waals surface area contributed by atoms with Crippen LogP contribution in [0.2, 0.25) is 0 Å². The largest absolute Gasteiger partial charge is 0.134 e. The third-order valence-electron chi connectivity index (χ3n) is 2.12. The summed E-state index contributed by atoms with van der Waals surface area (Å²) in [5.41, 5.74) is 1.78. The molecule has 0 aliphatic carbocycles. The summed E-state index contributed by atoms with van der Waals surface area (Å²) in [5, 5.41) is 0. The van der Waals surface area contributed by atoms with Crippen molar-refractivity contribution in [1.29, 1.82) is 0 Å². The number of rotatable bonds is 6. The molecule has 68 valence electrons. The predicted molar refractivity (Wildman–Crippen MR) is 61.3 cm³/mol. The molecule has 11 heavy (non-hydrogen) atoms. The topological polar surface area (TPSA) is 0 Å². The Bertz CT molecular complexity index is 81.6. The fourth-order valence-corrected chi connectivity index (χ4v) is 3.07. The summed E-state index contributed by atoms with van der Waals surface area (Å²) >= 11 is 0. The molecule has 4 unspecified atom stereocenters. The average Bonchev–Trinajstić information content (AvgIpc) is 1.97. The molecule has 0 saturated heterocycles. The first kappa shape index (κ1) is 11.9. The van der Waals surface area contributed by atoms with Crippen LogP contribution in [-0.4, -0.2) is 18.0 Å². The van der Waals surface area contributed by atoms with E-state index in [-0.39, 0.29) is 0 Å². The van der Waals surface area contributed by atoms with E-state index in [2.05, 4.69) is 29.8 Å². The molecule has 0 aromatic heterocycles. The van der Waals surface area contributed by atoms with Crippen molar-refractivity contribution in [3.63, 3.8) is 0 Å². The van der Waals surface area contributed by atoms with Crippen LogP contribution in [0.4, 0.5) is 0 Å². The van der Waals surface area contributed by atoms with Crippen LogP contribution >= 0.6 is 17.8 Å². The Kier molecular flexibility index (Phi) is 8.09. The Labute approximate surface area is 75.9 Å². The van der Waals surface area contributed by atoms with Gasteiger partial charge in [-0.1, -0.05) is 33.1 Å². The minimum atomic E-state index is 0.815. The highest BCUT2D eigenvalue weighted by molar-refractivity contribution is 7.39. The molecule has 0 rings (SSSR count). The van der Waals surface area contributed by atoms with Crippen molar-refractivity contribution >= 4 is 17.8 Å². The van der Waals surface area contributed by atoms with Crippen molar-refractivity contribution in [3.05, 3.63) is 0 Å². The first-order valence-corrected chi connectivity index (χ1v) is 6.89. The standard InChI is InChI=1S/C9H22P2/c1-4-5-6-7-9(11-3)8(2)10/h8-9,11H,4-7,10H2,1-3H3. The van der Waals surface area contributed by atoms with Gasteiger partial charge in [0, 0.05) is 0 Å². The first-order chi connectivity index (χ1) is 5.22. The minimum absolute atomic E-state index is 0.815. The van der Waals surface area contributed by atoms with E-state index >= 15 is 0 Å². The van der Waals surface area contributed by atoms with Crippen molar-refractivity contribution in [1.82, 2.24) is 0 Å². The van der Waals surface area contributed by atoms with Crippen molar-refractivity contribution in [2.75, 3.05) is 6.66 Å². The van der Waals surface area contributed by atoms with Crippen LogP contribution in [0.1, 0.15) is 39.5 Å². The molecule has 0 aliphatic heterocycles. The Morgan fingerprint density at radius 2 is 2.00 bits per heavy atom. The monoisotopic (exact) mass is 192 g/mol. The lowest BCUT2D eigenvalue weighted by Gasteiger charge is -2.18. The Hall–Kier alpha value is 0.860. The van der Waals surface area contributed by atoms with Crippen LogP contribution in [0.15, 0.2) is 0 Å². The molecule has 4 atom stereocenters. The zero-order valence-corrected chi connectivity index (χ0v) is 10.2. The molecular formula is C9H22P2.